The minimum Gasteiger partial charge on any atom is -0.462 e. The first-order chi connectivity index (χ1) is 32.0. The zero-order chi connectivity index (χ0) is 47.2. The highest BCUT2D eigenvalue weighted by molar-refractivity contribution is 5.71. The van der Waals surface area contributed by atoms with Crippen molar-refractivity contribution in [3.63, 3.8) is 0 Å². The molecule has 0 heterocycles. The van der Waals surface area contributed by atoms with Crippen LogP contribution in [0.1, 0.15) is 329 Å². The number of unbranched alkanes of at least 4 members (excludes halogenated alkanes) is 41. The molecule has 6 heteroatoms. The lowest BCUT2D eigenvalue weighted by Gasteiger charge is -2.18. The number of rotatable bonds is 54. The number of allylic oxidation sites excluding steroid dienone is 2. The van der Waals surface area contributed by atoms with E-state index in [9.17, 15) is 14.4 Å². The molecule has 0 aliphatic rings. The second-order valence-corrected chi connectivity index (χ2v) is 19.9. The molecule has 0 aliphatic carbocycles. The molecule has 0 spiro atoms. The fraction of sp³-hybridized carbons (Fsp3) is 0.915. The highest BCUT2D eigenvalue weighted by atomic mass is 16.6. The molecule has 0 saturated carbocycles. The summed E-state index contributed by atoms with van der Waals surface area (Å²) in [4.78, 5) is 38.1. The number of carbonyl (C=O) groups excluding carboxylic acids is 3. The molecule has 1 atom stereocenters. The monoisotopic (exact) mass is 917 g/mol. The van der Waals surface area contributed by atoms with Crippen LogP contribution in [-0.2, 0) is 28.6 Å². The summed E-state index contributed by atoms with van der Waals surface area (Å²) in [6.07, 6.45) is 62.0. The summed E-state index contributed by atoms with van der Waals surface area (Å²) in [6, 6.07) is 0. The molecule has 0 saturated heterocycles. The minimum atomic E-state index is -0.766. The van der Waals surface area contributed by atoms with Crippen LogP contribution in [0.15, 0.2) is 12.2 Å². The second-order valence-electron chi connectivity index (χ2n) is 19.9. The van der Waals surface area contributed by atoms with Gasteiger partial charge >= 0.3 is 17.9 Å². The van der Waals surface area contributed by atoms with Crippen molar-refractivity contribution in [1.29, 1.82) is 0 Å². The molecule has 384 valence electrons. The van der Waals surface area contributed by atoms with Gasteiger partial charge in [0.2, 0.25) is 0 Å². The first-order valence-corrected chi connectivity index (χ1v) is 29.2. The summed E-state index contributed by atoms with van der Waals surface area (Å²) >= 11 is 0. The van der Waals surface area contributed by atoms with Crippen LogP contribution in [0.5, 0.6) is 0 Å². The van der Waals surface area contributed by atoms with Crippen molar-refractivity contribution >= 4 is 17.9 Å². The van der Waals surface area contributed by atoms with Gasteiger partial charge in [-0.15, -0.1) is 0 Å². The molecule has 0 radical (unpaired) electrons. The van der Waals surface area contributed by atoms with Gasteiger partial charge in [0.25, 0.3) is 0 Å². The zero-order valence-corrected chi connectivity index (χ0v) is 44.0. The van der Waals surface area contributed by atoms with Gasteiger partial charge < -0.3 is 14.2 Å². The molecular weight excluding hydrogens is 805 g/mol. The van der Waals surface area contributed by atoms with E-state index in [4.69, 9.17) is 14.2 Å². The molecule has 0 amide bonds. The van der Waals surface area contributed by atoms with Crippen LogP contribution in [0.25, 0.3) is 0 Å². The lowest BCUT2D eigenvalue weighted by molar-refractivity contribution is -0.167. The fourth-order valence-corrected chi connectivity index (χ4v) is 8.85. The Balaban J connectivity index is 4.27. The van der Waals surface area contributed by atoms with E-state index in [1.54, 1.807) is 0 Å². The smallest absolute Gasteiger partial charge is 0.306 e. The summed E-state index contributed by atoms with van der Waals surface area (Å²) in [6.45, 7) is 6.68. The van der Waals surface area contributed by atoms with Crippen molar-refractivity contribution < 1.29 is 28.6 Å². The van der Waals surface area contributed by atoms with E-state index < -0.39 is 6.10 Å². The Hall–Kier alpha value is -1.85. The molecule has 0 bridgehead atoms. The van der Waals surface area contributed by atoms with Gasteiger partial charge in [-0.05, 0) is 44.9 Å². The van der Waals surface area contributed by atoms with Gasteiger partial charge in [0, 0.05) is 19.3 Å². The minimum absolute atomic E-state index is 0.0658. The van der Waals surface area contributed by atoms with E-state index >= 15 is 0 Å². The van der Waals surface area contributed by atoms with Gasteiger partial charge in [-0.2, -0.15) is 0 Å². The summed E-state index contributed by atoms with van der Waals surface area (Å²) in [7, 11) is 0. The van der Waals surface area contributed by atoms with Gasteiger partial charge in [0.05, 0.1) is 0 Å². The van der Waals surface area contributed by atoms with Crippen molar-refractivity contribution in [3.05, 3.63) is 12.2 Å². The molecule has 0 aliphatic heterocycles. The first-order valence-electron chi connectivity index (χ1n) is 29.2. The van der Waals surface area contributed by atoms with Crippen LogP contribution < -0.4 is 0 Å². The lowest BCUT2D eigenvalue weighted by Crippen LogP contribution is -2.30. The van der Waals surface area contributed by atoms with Crippen LogP contribution in [0.2, 0.25) is 0 Å². The van der Waals surface area contributed by atoms with Gasteiger partial charge in [-0.3, -0.25) is 14.4 Å². The van der Waals surface area contributed by atoms with Gasteiger partial charge in [-0.25, -0.2) is 0 Å². The standard InChI is InChI=1S/C59H112O6/c1-4-7-10-13-16-19-22-24-26-28-29-31-32-34-37-40-43-46-49-52-58(61)64-55-56(54-63-57(60)51-48-45-42-39-36-21-18-15-12-9-6-3)65-59(62)53-50-47-44-41-38-35-33-30-27-25-23-20-17-14-11-8-5-2/h25,27,56H,4-24,26,28-55H2,1-3H3/b27-25-/t56-/m0/s1. The zero-order valence-electron chi connectivity index (χ0n) is 44.0. The predicted octanol–water partition coefficient (Wildman–Crippen LogP) is 19.3. The molecule has 0 rings (SSSR count). The molecule has 0 aromatic heterocycles. The average molecular weight is 918 g/mol. The number of ether oxygens (including phenoxy) is 3. The highest BCUT2D eigenvalue weighted by Crippen LogP contribution is 2.17. The van der Waals surface area contributed by atoms with Crippen molar-refractivity contribution in [3.8, 4) is 0 Å². The third kappa shape index (κ3) is 53.0. The van der Waals surface area contributed by atoms with Crippen LogP contribution in [-0.4, -0.2) is 37.2 Å². The van der Waals surface area contributed by atoms with Crippen molar-refractivity contribution in [2.75, 3.05) is 13.2 Å². The number of hydrogen-bond acceptors (Lipinski definition) is 6. The maximum absolute atomic E-state index is 12.8. The van der Waals surface area contributed by atoms with E-state index in [0.717, 1.165) is 57.8 Å². The molecular formula is C59H112O6. The van der Waals surface area contributed by atoms with Crippen molar-refractivity contribution in [2.45, 2.75) is 335 Å². The maximum atomic E-state index is 12.8. The van der Waals surface area contributed by atoms with Gasteiger partial charge in [0.15, 0.2) is 6.10 Å². The normalized spacial score (nSPS) is 12.0. The van der Waals surface area contributed by atoms with Crippen LogP contribution in [0.4, 0.5) is 0 Å². The molecule has 0 unspecified atom stereocenters. The Labute approximate surface area is 405 Å². The van der Waals surface area contributed by atoms with Crippen molar-refractivity contribution in [1.82, 2.24) is 0 Å². The highest BCUT2D eigenvalue weighted by Gasteiger charge is 2.19. The van der Waals surface area contributed by atoms with Crippen LogP contribution in [0, 0.1) is 0 Å². The van der Waals surface area contributed by atoms with E-state index in [1.165, 1.54) is 231 Å². The SMILES string of the molecule is CCCCCCCC/C=C\CCCCCCCCCC(=O)O[C@@H](COC(=O)CCCCCCCCCCCCC)COC(=O)CCCCCCCCCCCCCCCCCCCCC. The Bertz CT molecular complexity index is 1010. The third-order valence-electron chi connectivity index (χ3n) is 13.3. The van der Waals surface area contributed by atoms with E-state index in [0.29, 0.717) is 19.3 Å². The fourth-order valence-electron chi connectivity index (χ4n) is 8.85. The average Bonchev–Trinajstić information content (AvgIpc) is 3.30. The Morgan fingerprint density at radius 2 is 0.508 bits per heavy atom. The Morgan fingerprint density at radius 3 is 0.769 bits per heavy atom. The molecule has 6 nitrogen and oxygen atoms in total. The Morgan fingerprint density at radius 1 is 0.292 bits per heavy atom. The molecule has 65 heavy (non-hydrogen) atoms. The largest absolute Gasteiger partial charge is 0.462 e. The maximum Gasteiger partial charge on any atom is 0.306 e. The number of carbonyl (C=O) groups is 3. The topological polar surface area (TPSA) is 78.9 Å². The third-order valence-corrected chi connectivity index (χ3v) is 13.3. The van der Waals surface area contributed by atoms with Gasteiger partial charge in [-0.1, -0.05) is 277 Å². The summed E-state index contributed by atoms with van der Waals surface area (Å²) < 4.78 is 16.9. The number of hydrogen-bond donors (Lipinski definition) is 0. The van der Waals surface area contributed by atoms with Crippen molar-refractivity contribution in [2.24, 2.45) is 0 Å². The summed E-state index contributed by atoms with van der Waals surface area (Å²) in [5.74, 6) is -0.847. The van der Waals surface area contributed by atoms with Crippen LogP contribution >= 0.6 is 0 Å². The van der Waals surface area contributed by atoms with E-state index in [2.05, 4.69) is 32.9 Å². The quantitative estimate of drug-likeness (QED) is 0.0262. The van der Waals surface area contributed by atoms with E-state index in [1.807, 2.05) is 0 Å². The summed E-state index contributed by atoms with van der Waals surface area (Å²) in [5.41, 5.74) is 0. The van der Waals surface area contributed by atoms with Gasteiger partial charge in [0.1, 0.15) is 13.2 Å². The summed E-state index contributed by atoms with van der Waals surface area (Å²) in [5, 5.41) is 0. The molecule has 0 aromatic rings. The molecule has 0 fully saturated rings. The Kier molecular flexibility index (Phi) is 53.2. The second kappa shape index (κ2) is 54.8. The number of esters is 3. The lowest BCUT2D eigenvalue weighted by atomic mass is 10.0. The molecule has 0 aromatic carbocycles. The first kappa shape index (κ1) is 63.1. The predicted molar refractivity (Wildman–Crippen MR) is 280 cm³/mol. The molecule has 0 N–H and O–H groups in total. The van der Waals surface area contributed by atoms with Crippen LogP contribution in [0.3, 0.4) is 0 Å². The van der Waals surface area contributed by atoms with E-state index in [-0.39, 0.29) is 31.1 Å².